The fourth-order valence-corrected chi connectivity index (χ4v) is 0.727. The molecule has 4 heteroatoms. The van der Waals surface area contributed by atoms with Crippen molar-refractivity contribution in [2.24, 2.45) is 5.92 Å². The molecule has 9 heavy (non-hydrogen) atoms. The lowest BCUT2D eigenvalue weighted by molar-refractivity contribution is -0.114. The van der Waals surface area contributed by atoms with Crippen molar-refractivity contribution in [3.05, 3.63) is 0 Å². The van der Waals surface area contributed by atoms with Crippen molar-refractivity contribution in [3.63, 3.8) is 0 Å². The van der Waals surface area contributed by atoms with Gasteiger partial charge < -0.3 is 0 Å². The predicted octanol–water partition coefficient (Wildman–Crippen LogP) is 2.58. The van der Waals surface area contributed by atoms with Gasteiger partial charge in [-0.2, -0.15) is 0 Å². The first kappa shape index (κ1) is 9.54. The Morgan fingerprint density at radius 3 is 1.89 bits per heavy atom. The minimum atomic E-state index is -1.06. The van der Waals surface area contributed by atoms with Gasteiger partial charge in [0.15, 0.2) is 0 Å². The largest absolute Gasteiger partial charge is 0.281 e. The van der Waals surface area contributed by atoms with E-state index in [1.165, 1.54) is 6.92 Å². The van der Waals surface area contributed by atoms with Gasteiger partial charge in [0.2, 0.25) is 5.24 Å². The van der Waals surface area contributed by atoms with Gasteiger partial charge in [0.25, 0.3) is 0 Å². The number of carbonyl (C=O) groups is 1. The lowest BCUT2D eigenvalue weighted by Crippen LogP contribution is -2.23. The molecule has 0 N–H and O–H groups in total. The van der Waals surface area contributed by atoms with Crippen molar-refractivity contribution >= 4 is 40.0 Å². The Balaban J connectivity index is 4.04. The first-order valence-corrected chi connectivity index (χ1v) is 3.56. The number of hydrogen-bond donors (Lipinski definition) is 0. The normalized spacial score (nSPS) is 15.2. The highest BCUT2D eigenvalue weighted by molar-refractivity contribution is 6.65. The zero-order chi connectivity index (χ0) is 7.65. The topological polar surface area (TPSA) is 17.1 Å². The Morgan fingerprint density at radius 2 is 1.89 bits per heavy atom. The number of rotatable bonds is 2. The minimum Gasteiger partial charge on any atom is -0.281 e. The summed E-state index contributed by atoms with van der Waals surface area (Å²) < 4.78 is -1.06. The Morgan fingerprint density at radius 1 is 1.56 bits per heavy atom. The van der Waals surface area contributed by atoms with Crippen LogP contribution in [0, 0.1) is 5.92 Å². The average molecular weight is 189 g/mol. The molecule has 0 heterocycles. The van der Waals surface area contributed by atoms with E-state index in [4.69, 9.17) is 34.8 Å². The summed E-state index contributed by atoms with van der Waals surface area (Å²) in [5, 5.41) is -0.512. The number of alkyl halides is 2. The molecule has 0 rings (SSSR count). The molecule has 0 amide bonds. The SMILES string of the molecule is CC(C(=O)Cl)C(C)(Cl)Cl. The van der Waals surface area contributed by atoms with E-state index < -0.39 is 15.5 Å². The van der Waals surface area contributed by atoms with E-state index in [-0.39, 0.29) is 0 Å². The summed E-state index contributed by atoms with van der Waals surface area (Å²) in [4.78, 5) is 10.4. The molecule has 1 nitrogen and oxygen atoms in total. The molecule has 0 saturated carbocycles. The van der Waals surface area contributed by atoms with Gasteiger partial charge in [-0.25, -0.2) is 0 Å². The molecule has 1 atom stereocenters. The van der Waals surface area contributed by atoms with Crippen LogP contribution in [0.15, 0.2) is 0 Å². The highest BCUT2D eigenvalue weighted by atomic mass is 35.5. The first-order chi connectivity index (χ1) is 3.85. The smallest absolute Gasteiger partial charge is 0.227 e. The van der Waals surface area contributed by atoms with Gasteiger partial charge in [0.1, 0.15) is 4.33 Å². The predicted molar refractivity (Wildman–Crippen MR) is 40.1 cm³/mol. The minimum absolute atomic E-state index is 0.512. The van der Waals surface area contributed by atoms with Crippen LogP contribution in [0.2, 0.25) is 0 Å². The third kappa shape index (κ3) is 3.29. The molecule has 54 valence electrons. The zero-order valence-corrected chi connectivity index (χ0v) is 7.39. The van der Waals surface area contributed by atoms with Gasteiger partial charge in [-0.15, -0.1) is 23.2 Å². The Bertz CT molecular complexity index is 116. The quantitative estimate of drug-likeness (QED) is 0.482. The maximum Gasteiger partial charge on any atom is 0.227 e. The van der Waals surface area contributed by atoms with Crippen LogP contribution >= 0.6 is 34.8 Å². The van der Waals surface area contributed by atoms with Crippen molar-refractivity contribution in [2.45, 2.75) is 18.2 Å². The lowest BCUT2D eigenvalue weighted by Gasteiger charge is -2.17. The van der Waals surface area contributed by atoms with Crippen molar-refractivity contribution < 1.29 is 4.79 Å². The van der Waals surface area contributed by atoms with Gasteiger partial charge in [-0.05, 0) is 18.5 Å². The maximum atomic E-state index is 10.4. The van der Waals surface area contributed by atoms with Gasteiger partial charge in [0, 0.05) is 0 Å². The van der Waals surface area contributed by atoms with Gasteiger partial charge in [-0.1, -0.05) is 6.92 Å². The molecule has 0 aliphatic carbocycles. The second kappa shape index (κ2) is 3.09. The standard InChI is InChI=1S/C5H7Cl3O/c1-3(4(6)9)5(2,7)8/h3H,1-2H3. The summed E-state index contributed by atoms with van der Waals surface area (Å²) in [6.07, 6.45) is 0. The van der Waals surface area contributed by atoms with E-state index in [1.54, 1.807) is 6.92 Å². The molecule has 1 unspecified atom stereocenters. The van der Waals surface area contributed by atoms with Crippen LogP contribution in [-0.2, 0) is 4.79 Å². The second-order valence-electron chi connectivity index (χ2n) is 1.98. The fraction of sp³-hybridized carbons (Fsp3) is 0.800. The zero-order valence-electron chi connectivity index (χ0n) is 5.12. The van der Waals surface area contributed by atoms with Crippen LogP contribution in [0.5, 0.6) is 0 Å². The molecule has 0 bridgehead atoms. The molecule has 0 spiro atoms. The Hall–Kier alpha value is 0.540. The summed E-state index contributed by atoms with van der Waals surface area (Å²) in [6, 6.07) is 0. The van der Waals surface area contributed by atoms with E-state index in [9.17, 15) is 4.79 Å². The van der Waals surface area contributed by atoms with Crippen molar-refractivity contribution in [2.75, 3.05) is 0 Å². The molecular formula is C5H7Cl3O. The van der Waals surface area contributed by atoms with Crippen LogP contribution in [0.3, 0.4) is 0 Å². The van der Waals surface area contributed by atoms with Crippen LogP contribution < -0.4 is 0 Å². The highest BCUT2D eigenvalue weighted by Crippen LogP contribution is 2.30. The first-order valence-electron chi connectivity index (χ1n) is 2.43. The molecule has 0 aromatic heterocycles. The average Bonchev–Trinajstić information content (AvgIpc) is 1.62. The maximum absolute atomic E-state index is 10.4. The van der Waals surface area contributed by atoms with Gasteiger partial charge >= 0.3 is 0 Å². The molecule has 0 saturated heterocycles. The summed E-state index contributed by atoms with van der Waals surface area (Å²) in [5.74, 6) is -0.525. The summed E-state index contributed by atoms with van der Waals surface area (Å²) in [6.45, 7) is 3.11. The third-order valence-corrected chi connectivity index (χ3v) is 2.08. The van der Waals surface area contributed by atoms with E-state index in [1.807, 2.05) is 0 Å². The number of hydrogen-bond acceptors (Lipinski definition) is 1. The molecule has 0 radical (unpaired) electrons. The van der Waals surface area contributed by atoms with Gasteiger partial charge in [0.05, 0.1) is 5.92 Å². The molecule has 0 aromatic carbocycles. The Labute approximate surface area is 69.3 Å². The van der Waals surface area contributed by atoms with E-state index in [2.05, 4.69) is 0 Å². The Kier molecular flexibility index (Phi) is 3.27. The van der Waals surface area contributed by atoms with Crippen LogP contribution in [-0.4, -0.2) is 9.58 Å². The van der Waals surface area contributed by atoms with E-state index >= 15 is 0 Å². The highest BCUT2D eigenvalue weighted by Gasteiger charge is 2.30. The van der Waals surface area contributed by atoms with E-state index in [0.29, 0.717) is 0 Å². The van der Waals surface area contributed by atoms with Crippen LogP contribution in [0.1, 0.15) is 13.8 Å². The number of halogens is 3. The molecule has 0 aliphatic heterocycles. The van der Waals surface area contributed by atoms with Crippen molar-refractivity contribution in [1.29, 1.82) is 0 Å². The molecule has 0 aliphatic rings. The fourth-order valence-electron chi connectivity index (χ4n) is 0.199. The molecule has 0 fully saturated rings. The van der Waals surface area contributed by atoms with Crippen molar-refractivity contribution in [3.8, 4) is 0 Å². The van der Waals surface area contributed by atoms with Crippen molar-refractivity contribution in [1.82, 2.24) is 0 Å². The summed E-state index contributed by atoms with van der Waals surface area (Å²) >= 11 is 16.2. The van der Waals surface area contributed by atoms with E-state index in [0.717, 1.165) is 0 Å². The third-order valence-electron chi connectivity index (χ3n) is 1.10. The van der Waals surface area contributed by atoms with Crippen LogP contribution in [0.25, 0.3) is 0 Å². The summed E-state index contributed by atoms with van der Waals surface area (Å²) in [5.41, 5.74) is 0. The second-order valence-corrected chi connectivity index (χ2v) is 4.12. The van der Waals surface area contributed by atoms with Gasteiger partial charge in [-0.3, -0.25) is 4.79 Å². The molecular weight excluding hydrogens is 182 g/mol. The molecule has 0 aromatic rings. The van der Waals surface area contributed by atoms with Crippen LogP contribution in [0.4, 0.5) is 0 Å². The number of carbonyl (C=O) groups excluding carboxylic acids is 1. The monoisotopic (exact) mass is 188 g/mol. The lowest BCUT2D eigenvalue weighted by atomic mass is 10.1. The summed E-state index contributed by atoms with van der Waals surface area (Å²) in [7, 11) is 0.